The van der Waals surface area contributed by atoms with Crippen LogP contribution in [0.15, 0.2) is 22.9 Å². The molecule has 180 valence electrons. The van der Waals surface area contributed by atoms with Crippen molar-refractivity contribution in [3.63, 3.8) is 0 Å². The van der Waals surface area contributed by atoms with Crippen LogP contribution >= 0.6 is 0 Å². The zero-order chi connectivity index (χ0) is 23.3. The smallest absolute Gasteiger partial charge is 0.254 e. The molecule has 2 aliphatic heterocycles. The Hall–Kier alpha value is -1.82. The normalized spacial score (nSPS) is 26.8. The van der Waals surface area contributed by atoms with Gasteiger partial charge in [-0.1, -0.05) is 26.3 Å². The molecule has 3 unspecified atom stereocenters. The number of hydrogen-bond acceptors (Lipinski definition) is 4. The molecule has 6 heteroatoms. The molecule has 0 aromatic rings. The quantitative estimate of drug-likeness (QED) is 0.531. The molecule has 0 aromatic heterocycles. The molecular weight excluding hydrogens is 402 g/mol. The predicted octanol–water partition coefficient (Wildman–Crippen LogP) is 3.98. The first kappa shape index (κ1) is 24.8. The van der Waals surface area contributed by atoms with Crippen molar-refractivity contribution in [2.24, 2.45) is 5.92 Å². The number of carbonyl (C=O) groups is 2. The Morgan fingerprint density at radius 1 is 1.09 bits per heavy atom. The highest BCUT2D eigenvalue weighted by Gasteiger charge is 2.32. The van der Waals surface area contributed by atoms with E-state index in [0.29, 0.717) is 25.6 Å². The zero-order valence-corrected chi connectivity index (χ0v) is 20.9. The van der Waals surface area contributed by atoms with E-state index in [4.69, 9.17) is 4.74 Å². The number of rotatable bonds is 8. The zero-order valence-electron chi connectivity index (χ0n) is 20.9. The maximum absolute atomic E-state index is 13.5. The first-order valence-corrected chi connectivity index (χ1v) is 12.7. The van der Waals surface area contributed by atoms with Gasteiger partial charge >= 0.3 is 0 Å². The van der Waals surface area contributed by atoms with Gasteiger partial charge in [0.25, 0.3) is 5.91 Å². The van der Waals surface area contributed by atoms with Crippen LogP contribution < -0.4 is 0 Å². The highest BCUT2D eigenvalue weighted by Crippen LogP contribution is 2.34. The first-order chi connectivity index (χ1) is 15.3. The fraction of sp³-hybridized carbons (Fsp3) is 0.769. The molecule has 3 rings (SSSR count). The van der Waals surface area contributed by atoms with Crippen molar-refractivity contribution < 1.29 is 14.3 Å². The number of likely N-dealkylation sites (N-methyl/N-ethyl adjacent to an activating group) is 1. The molecule has 3 aliphatic rings. The largest absolute Gasteiger partial charge is 0.372 e. The molecule has 0 aromatic carbocycles. The molecule has 1 aliphatic carbocycles. The minimum Gasteiger partial charge on any atom is -0.372 e. The number of nitrogens with zero attached hydrogens (tertiary/aromatic N) is 3. The van der Waals surface area contributed by atoms with E-state index in [1.54, 1.807) is 0 Å². The third-order valence-electron chi connectivity index (χ3n) is 7.03. The average molecular weight is 446 g/mol. The number of morpholine rings is 1. The Morgan fingerprint density at radius 2 is 1.81 bits per heavy atom. The second kappa shape index (κ2) is 11.4. The van der Waals surface area contributed by atoms with Gasteiger partial charge in [0.2, 0.25) is 5.91 Å². The van der Waals surface area contributed by atoms with Crippen LogP contribution in [0.4, 0.5) is 0 Å². The summed E-state index contributed by atoms with van der Waals surface area (Å²) in [5.74, 6) is 0.989. The molecule has 0 saturated carbocycles. The van der Waals surface area contributed by atoms with E-state index in [0.717, 1.165) is 56.3 Å². The van der Waals surface area contributed by atoms with Crippen LogP contribution in [0.2, 0.25) is 0 Å². The van der Waals surface area contributed by atoms with Crippen LogP contribution in [-0.2, 0) is 14.3 Å². The summed E-state index contributed by atoms with van der Waals surface area (Å²) in [5.41, 5.74) is 3.15. The molecule has 2 fully saturated rings. The van der Waals surface area contributed by atoms with Crippen LogP contribution in [-0.4, -0.2) is 78.5 Å². The Bertz CT molecular complexity index is 735. The monoisotopic (exact) mass is 445 g/mol. The summed E-state index contributed by atoms with van der Waals surface area (Å²) in [7, 11) is 2.02. The SMILES string of the molecule is CC/C=C(\C(=O)N1CC(C)OC(C)C1)C1=C(N(C)CC(=O)N2CCC(CCC)C2)CCC1. The fourth-order valence-corrected chi connectivity index (χ4v) is 5.60. The predicted molar refractivity (Wildman–Crippen MR) is 128 cm³/mol. The number of ether oxygens (including phenoxy) is 1. The van der Waals surface area contributed by atoms with E-state index in [2.05, 4.69) is 24.8 Å². The fourth-order valence-electron chi connectivity index (χ4n) is 5.60. The third-order valence-corrected chi connectivity index (χ3v) is 7.03. The maximum atomic E-state index is 13.5. The van der Waals surface area contributed by atoms with E-state index in [1.807, 2.05) is 30.7 Å². The van der Waals surface area contributed by atoms with Gasteiger partial charge in [0.05, 0.1) is 18.8 Å². The molecular formula is C26H43N3O3. The van der Waals surface area contributed by atoms with Crippen molar-refractivity contribution in [2.75, 3.05) is 39.8 Å². The molecule has 2 heterocycles. The van der Waals surface area contributed by atoms with Crippen LogP contribution in [0.3, 0.4) is 0 Å². The van der Waals surface area contributed by atoms with Gasteiger partial charge in [0, 0.05) is 44.5 Å². The average Bonchev–Trinajstić information content (AvgIpc) is 3.41. The van der Waals surface area contributed by atoms with E-state index < -0.39 is 0 Å². The highest BCUT2D eigenvalue weighted by molar-refractivity contribution is 5.98. The van der Waals surface area contributed by atoms with E-state index in [-0.39, 0.29) is 24.0 Å². The number of likely N-dealkylation sites (tertiary alicyclic amines) is 1. The lowest BCUT2D eigenvalue weighted by Gasteiger charge is -2.36. The van der Waals surface area contributed by atoms with E-state index in [1.165, 1.54) is 18.5 Å². The van der Waals surface area contributed by atoms with Gasteiger partial charge in [-0.3, -0.25) is 9.59 Å². The second-order valence-corrected chi connectivity index (χ2v) is 9.91. The summed E-state index contributed by atoms with van der Waals surface area (Å²) in [4.78, 5) is 32.6. The number of amides is 2. The lowest BCUT2D eigenvalue weighted by Crippen LogP contribution is -2.48. The summed E-state index contributed by atoms with van der Waals surface area (Å²) in [6.07, 6.45) is 9.42. The highest BCUT2D eigenvalue weighted by atomic mass is 16.5. The number of allylic oxidation sites excluding steroid dienone is 2. The number of hydrogen-bond donors (Lipinski definition) is 0. The topological polar surface area (TPSA) is 53.1 Å². The van der Waals surface area contributed by atoms with Crippen molar-refractivity contribution in [3.05, 3.63) is 22.9 Å². The van der Waals surface area contributed by atoms with Crippen LogP contribution in [0.1, 0.15) is 72.6 Å². The first-order valence-electron chi connectivity index (χ1n) is 12.7. The van der Waals surface area contributed by atoms with Gasteiger partial charge in [-0.25, -0.2) is 0 Å². The van der Waals surface area contributed by atoms with Gasteiger partial charge < -0.3 is 19.4 Å². The van der Waals surface area contributed by atoms with Gasteiger partial charge in [0.1, 0.15) is 0 Å². The minimum atomic E-state index is 0.0555. The number of carbonyl (C=O) groups excluding carboxylic acids is 2. The van der Waals surface area contributed by atoms with Gasteiger partial charge in [-0.15, -0.1) is 0 Å². The lowest BCUT2D eigenvalue weighted by molar-refractivity contribution is -0.138. The molecule has 0 spiro atoms. The van der Waals surface area contributed by atoms with E-state index in [9.17, 15) is 9.59 Å². The summed E-state index contributed by atoms with van der Waals surface area (Å²) in [6.45, 7) is 11.8. The Kier molecular flexibility index (Phi) is 8.80. The summed E-state index contributed by atoms with van der Waals surface area (Å²) < 4.78 is 5.83. The van der Waals surface area contributed by atoms with Crippen molar-refractivity contribution in [1.82, 2.24) is 14.7 Å². The summed E-state index contributed by atoms with van der Waals surface area (Å²) in [6, 6.07) is 0. The molecule has 0 bridgehead atoms. The van der Waals surface area contributed by atoms with Crippen LogP contribution in [0.25, 0.3) is 0 Å². The maximum Gasteiger partial charge on any atom is 0.254 e. The summed E-state index contributed by atoms with van der Waals surface area (Å²) >= 11 is 0. The minimum absolute atomic E-state index is 0.0555. The third kappa shape index (κ3) is 5.94. The van der Waals surface area contributed by atoms with Crippen molar-refractivity contribution in [1.29, 1.82) is 0 Å². The van der Waals surface area contributed by atoms with Gasteiger partial charge in [-0.2, -0.15) is 0 Å². The molecule has 2 saturated heterocycles. The van der Waals surface area contributed by atoms with Crippen molar-refractivity contribution in [3.8, 4) is 0 Å². The second-order valence-electron chi connectivity index (χ2n) is 9.91. The standard InChI is InChI=1S/C26H43N3O3/c1-6-9-21-13-14-28(17-21)25(30)18-27(5)24-12-8-11-22(24)23(10-7-2)26(31)29-15-19(3)32-20(4)16-29/h10,19-21H,6-9,11-18H2,1-5H3/b23-10-. The summed E-state index contributed by atoms with van der Waals surface area (Å²) in [5, 5.41) is 0. The molecule has 6 nitrogen and oxygen atoms in total. The Balaban J connectivity index is 1.72. The van der Waals surface area contributed by atoms with E-state index >= 15 is 0 Å². The van der Waals surface area contributed by atoms with Crippen LogP contribution in [0.5, 0.6) is 0 Å². The van der Waals surface area contributed by atoms with Crippen molar-refractivity contribution >= 4 is 11.8 Å². The molecule has 0 radical (unpaired) electrons. The Morgan fingerprint density at radius 3 is 2.47 bits per heavy atom. The molecule has 3 atom stereocenters. The van der Waals surface area contributed by atoms with Gasteiger partial charge in [-0.05, 0) is 63.9 Å². The molecule has 2 amide bonds. The van der Waals surface area contributed by atoms with Crippen LogP contribution in [0, 0.1) is 5.92 Å². The lowest BCUT2D eigenvalue weighted by atomic mass is 10.0. The Labute approximate surface area is 194 Å². The molecule has 0 N–H and O–H groups in total. The molecule has 32 heavy (non-hydrogen) atoms. The van der Waals surface area contributed by atoms with Gasteiger partial charge in [0.15, 0.2) is 0 Å². The van der Waals surface area contributed by atoms with Crippen molar-refractivity contribution in [2.45, 2.75) is 84.8 Å².